The van der Waals surface area contributed by atoms with Crippen LogP contribution in [0.2, 0.25) is 0 Å². The third-order valence-corrected chi connectivity index (χ3v) is 2.96. The molecule has 1 atom stereocenters. The zero-order valence-corrected chi connectivity index (χ0v) is 10.5. The van der Waals surface area contributed by atoms with Crippen LogP contribution in [0.1, 0.15) is 25.7 Å². The van der Waals surface area contributed by atoms with Crippen molar-refractivity contribution in [2.24, 2.45) is 0 Å². The molecular formula is C14H19N3. The first-order valence-electron chi connectivity index (χ1n) is 6.07. The Labute approximate surface area is 102 Å². The summed E-state index contributed by atoms with van der Waals surface area (Å²) in [6.07, 6.45) is 1.87. The Balaban J connectivity index is 2.42. The van der Waals surface area contributed by atoms with Gasteiger partial charge in [0.05, 0.1) is 17.1 Å². The third-order valence-electron chi connectivity index (χ3n) is 2.96. The smallest absolute Gasteiger partial charge is 0.126 e. The highest BCUT2D eigenvalue weighted by Crippen LogP contribution is 2.20. The van der Waals surface area contributed by atoms with E-state index in [2.05, 4.69) is 48.5 Å². The van der Waals surface area contributed by atoms with E-state index in [0.717, 1.165) is 24.4 Å². The molecule has 0 aliphatic heterocycles. The number of imidazole rings is 1. The maximum Gasteiger partial charge on any atom is 0.126 e. The maximum atomic E-state index is 4.70. The van der Waals surface area contributed by atoms with Crippen molar-refractivity contribution < 1.29 is 0 Å². The van der Waals surface area contributed by atoms with E-state index in [9.17, 15) is 0 Å². The highest BCUT2D eigenvalue weighted by molar-refractivity contribution is 5.76. The Morgan fingerprint density at radius 3 is 2.94 bits per heavy atom. The maximum absolute atomic E-state index is 4.70. The van der Waals surface area contributed by atoms with Gasteiger partial charge in [-0.15, -0.1) is 6.58 Å². The average Bonchev–Trinajstić information content (AvgIpc) is 2.74. The summed E-state index contributed by atoms with van der Waals surface area (Å²) < 4.78 is 2.26. The number of fused-ring (bicyclic) bond motifs is 1. The summed E-state index contributed by atoms with van der Waals surface area (Å²) in [4.78, 5) is 4.70. The number of benzene rings is 1. The lowest BCUT2D eigenvalue weighted by Gasteiger charge is -2.13. The first kappa shape index (κ1) is 11.9. The molecule has 90 valence electrons. The van der Waals surface area contributed by atoms with E-state index in [4.69, 9.17) is 4.98 Å². The standard InChI is InChI=1S/C14H19N3/c1-4-10-15-11(3)14-16-12-8-6-7-9-13(12)17(14)5-2/h4,6-9,11,15H,1,5,10H2,2-3H3/t11-/m0/s1. The fraction of sp³-hybridized carbons (Fsp3) is 0.357. The summed E-state index contributed by atoms with van der Waals surface area (Å²) in [5, 5.41) is 3.38. The van der Waals surface area contributed by atoms with E-state index in [1.54, 1.807) is 0 Å². The van der Waals surface area contributed by atoms with Crippen molar-refractivity contribution in [1.82, 2.24) is 14.9 Å². The van der Waals surface area contributed by atoms with Crippen LogP contribution >= 0.6 is 0 Å². The Bertz CT molecular complexity index is 513. The van der Waals surface area contributed by atoms with Crippen LogP contribution in [0.3, 0.4) is 0 Å². The molecule has 0 spiro atoms. The van der Waals surface area contributed by atoms with Crippen molar-refractivity contribution in [2.75, 3.05) is 6.54 Å². The molecule has 1 heterocycles. The fourth-order valence-corrected chi connectivity index (χ4v) is 2.11. The highest BCUT2D eigenvalue weighted by atomic mass is 15.1. The van der Waals surface area contributed by atoms with Gasteiger partial charge >= 0.3 is 0 Å². The van der Waals surface area contributed by atoms with E-state index >= 15 is 0 Å². The topological polar surface area (TPSA) is 29.9 Å². The van der Waals surface area contributed by atoms with Crippen LogP contribution in [-0.4, -0.2) is 16.1 Å². The van der Waals surface area contributed by atoms with E-state index in [0.29, 0.717) is 0 Å². The summed E-state index contributed by atoms with van der Waals surface area (Å²) in [6.45, 7) is 9.75. The number of hydrogen-bond acceptors (Lipinski definition) is 2. The van der Waals surface area contributed by atoms with Gasteiger partial charge in [-0.25, -0.2) is 4.98 Å². The molecule has 3 heteroatoms. The molecule has 3 nitrogen and oxygen atoms in total. The molecule has 0 unspecified atom stereocenters. The second-order valence-electron chi connectivity index (χ2n) is 4.12. The first-order chi connectivity index (χ1) is 8.27. The van der Waals surface area contributed by atoms with Crippen molar-refractivity contribution in [3.63, 3.8) is 0 Å². The Kier molecular flexibility index (Phi) is 3.59. The lowest BCUT2D eigenvalue weighted by molar-refractivity contribution is 0.550. The SMILES string of the molecule is C=CCN[C@@H](C)c1nc2ccccc2n1CC. The van der Waals surface area contributed by atoms with E-state index in [1.165, 1.54) is 5.52 Å². The largest absolute Gasteiger partial charge is 0.327 e. The summed E-state index contributed by atoms with van der Waals surface area (Å²) in [5.74, 6) is 1.09. The predicted molar refractivity (Wildman–Crippen MR) is 72.0 cm³/mol. The Hall–Kier alpha value is -1.61. The van der Waals surface area contributed by atoms with E-state index in [-0.39, 0.29) is 6.04 Å². The number of hydrogen-bond donors (Lipinski definition) is 1. The van der Waals surface area contributed by atoms with E-state index < -0.39 is 0 Å². The molecule has 2 aromatic rings. The van der Waals surface area contributed by atoms with Gasteiger partial charge in [-0.1, -0.05) is 18.2 Å². The minimum absolute atomic E-state index is 0.236. The molecule has 0 aliphatic carbocycles. The first-order valence-corrected chi connectivity index (χ1v) is 6.07. The Morgan fingerprint density at radius 2 is 2.24 bits per heavy atom. The van der Waals surface area contributed by atoms with Gasteiger partial charge in [-0.2, -0.15) is 0 Å². The number of nitrogens with one attached hydrogen (secondary N) is 1. The molecule has 0 saturated heterocycles. The van der Waals surface area contributed by atoms with Gasteiger partial charge in [0.25, 0.3) is 0 Å². The van der Waals surface area contributed by atoms with Crippen molar-refractivity contribution in [1.29, 1.82) is 0 Å². The number of aryl methyl sites for hydroxylation is 1. The monoisotopic (exact) mass is 229 g/mol. The zero-order chi connectivity index (χ0) is 12.3. The van der Waals surface area contributed by atoms with Crippen LogP contribution in [0, 0.1) is 0 Å². The minimum atomic E-state index is 0.236. The van der Waals surface area contributed by atoms with Crippen LogP contribution in [-0.2, 0) is 6.54 Å². The normalized spacial score (nSPS) is 12.8. The predicted octanol–water partition coefficient (Wildman–Crippen LogP) is 2.89. The molecule has 1 aromatic heterocycles. The van der Waals surface area contributed by atoms with Crippen LogP contribution in [0.4, 0.5) is 0 Å². The highest BCUT2D eigenvalue weighted by Gasteiger charge is 2.14. The quantitative estimate of drug-likeness (QED) is 0.799. The molecule has 2 rings (SSSR count). The van der Waals surface area contributed by atoms with Crippen molar-refractivity contribution in [3.8, 4) is 0 Å². The second-order valence-corrected chi connectivity index (χ2v) is 4.12. The van der Waals surface area contributed by atoms with Crippen LogP contribution in [0.25, 0.3) is 11.0 Å². The summed E-state index contributed by atoms with van der Waals surface area (Å²) in [6, 6.07) is 8.50. The van der Waals surface area contributed by atoms with Gasteiger partial charge < -0.3 is 9.88 Å². The Morgan fingerprint density at radius 1 is 1.47 bits per heavy atom. The van der Waals surface area contributed by atoms with Gasteiger partial charge in [0.2, 0.25) is 0 Å². The van der Waals surface area contributed by atoms with Gasteiger partial charge in [-0.05, 0) is 26.0 Å². The van der Waals surface area contributed by atoms with Crippen molar-refractivity contribution in [2.45, 2.75) is 26.4 Å². The minimum Gasteiger partial charge on any atom is -0.327 e. The lowest BCUT2D eigenvalue weighted by atomic mass is 10.3. The van der Waals surface area contributed by atoms with Crippen LogP contribution in [0.15, 0.2) is 36.9 Å². The molecule has 17 heavy (non-hydrogen) atoms. The number of para-hydroxylation sites is 2. The van der Waals surface area contributed by atoms with E-state index in [1.807, 2.05) is 12.1 Å². The molecule has 1 aromatic carbocycles. The molecular weight excluding hydrogens is 210 g/mol. The third kappa shape index (κ3) is 2.24. The number of rotatable bonds is 5. The summed E-state index contributed by atoms with van der Waals surface area (Å²) in [7, 11) is 0. The van der Waals surface area contributed by atoms with Gasteiger partial charge in [-0.3, -0.25) is 0 Å². The fourth-order valence-electron chi connectivity index (χ4n) is 2.11. The number of nitrogens with zero attached hydrogens (tertiary/aromatic N) is 2. The van der Waals surface area contributed by atoms with Crippen molar-refractivity contribution in [3.05, 3.63) is 42.7 Å². The number of aromatic nitrogens is 2. The molecule has 0 fully saturated rings. The van der Waals surface area contributed by atoms with Crippen molar-refractivity contribution >= 4 is 11.0 Å². The van der Waals surface area contributed by atoms with Crippen LogP contribution < -0.4 is 5.32 Å². The lowest BCUT2D eigenvalue weighted by Crippen LogP contribution is -2.21. The summed E-state index contributed by atoms with van der Waals surface area (Å²) in [5.41, 5.74) is 2.27. The zero-order valence-electron chi connectivity index (χ0n) is 10.5. The average molecular weight is 229 g/mol. The van der Waals surface area contributed by atoms with Gasteiger partial charge in [0, 0.05) is 13.1 Å². The molecule has 1 N–H and O–H groups in total. The molecule has 0 aliphatic rings. The molecule has 0 radical (unpaired) electrons. The van der Waals surface area contributed by atoms with Crippen LogP contribution in [0.5, 0.6) is 0 Å². The molecule has 0 bridgehead atoms. The summed E-state index contributed by atoms with van der Waals surface area (Å²) >= 11 is 0. The second kappa shape index (κ2) is 5.15. The van der Waals surface area contributed by atoms with Gasteiger partial charge in [0.15, 0.2) is 0 Å². The molecule has 0 saturated carbocycles. The molecule has 0 amide bonds. The van der Waals surface area contributed by atoms with Gasteiger partial charge in [0.1, 0.15) is 5.82 Å².